The van der Waals surface area contributed by atoms with Gasteiger partial charge in [-0.1, -0.05) is 0 Å². The zero-order valence-electron chi connectivity index (χ0n) is 7.85. The third kappa shape index (κ3) is 2.20. The molecule has 0 aromatic carbocycles. The lowest BCUT2D eigenvalue weighted by atomic mass is 10.1. The molecule has 0 aliphatic heterocycles. The summed E-state index contributed by atoms with van der Waals surface area (Å²) in [7, 11) is 1.26. The fraction of sp³-hybridized carbons (Fsp3) is 0.125. The van der Waals surface area contributed by atoms with Gasteiger partial charge in [0.15, 0.2) is 0 Å². The Labute approximate surface area is 84.1 Å². The van der Waals surface area contributed by atoms with Crippen molar-refractivity contribution >= 4 is 11.9 Å². The summed E-state index contributed by atoms with van der Waals surface area (Å²) in [6.45, 7) is 0. The first-order valence-corrected chi connectivity index (χ1v) is 3.92. The molecule has 0 unspecified atom stereocenters. The topological polar surface area (TPSA) is 116 Å². The Morgan fingerprint density at radius 3 is 2.53 bits per heavy atom. The molecule has 0 saturated heterocycles. The van der Waals surface area contributed by atoms with E-state index in [0.717, 1.165) is 12.3 Å². The summed E-state index contributed by atoms with van der Waals surface area (Å²) in [5.41, 5.74) is -1.10. The highest BCUT2D eigenvalue weighted by atomic mass is 16.4. The van der Waals surface area contributed by atoms with Crippen molar-refractivity contribution in [3.63, 3.8) is 0 Å². The van der Waals surface area contributed by atoms with Crippen molar-refractivity contribution in [3.8, 4) is 0 Å². The predicted octanol–water partition coefficient (Wildman–Crippen LogP) is -0.981. The predicted molar refractivity (Wildman–Crippen MR) is 50.3 cm³/mol. The maximum atomic E-state index is 11.4. The van der Waals surface area contributed by atoms with Gasteiger partial charge >= 0.3 is 5.97 Å². The molecule has 0 radical (unpaired) electrons. The first-order valence-electron chi connectivity index (χ1n) is 3.92. The fourth-order valence-electron chi connectivity index (χ4n) is 1.02. The van der Waals surface area contributed by atoms with Crippen LogP contribution >= 0.6 is 0 Å². The number of nitrogens with zero attached hydrogens (tertiary/aromatic N) is 1. The minimum atomic E-state index is -1.31. The number of nitrogens with two attached hydrogens (primary N) is 1. The summed E-state index contributed by atoms with van der Waals surface area (Å²) < 4.78 is 0. The van der Waals surface area contributed by atoms with Crippen molar-refractivity contribution in [3.05, 3.63) is 33.7 Å². The lowest BCUT2D eigenvalue weighted by Crippen LogP contribution is -2.35. The SMILES string of the molecule is CN(N)C(=O)c1cc(=O)[nH]cc1C(=O)O. The second-order valence-corrected chi connectivity index (χ2v) is 2.85. The average molecular weight is 211 g/mol. The number of hydrogen-bond donors (Lipinski definition) is 3. The largest absolute Gasteiger partial charge is 0.478 e. The van der Waals surface area contributed by atoms with Crippen LogP contribution in [-0.2, 0) is 0 Å². The molecule has 0 fully saturated rings. The van der Waals surface area contributed by atoms with Gasteiger partial charge in [0.2, 0.25) is 5.56 Å². The van der Waals surface area contributed by atoms with E-state index in [0.29, 0.717) is 5.01 Å². The number of carboxylic acid groups (broad SMARTS) is 1. The standard InChI is InChI=1S/C8H9N3O4/c1-11(9)7(13)4-2-6(12)10-3-5(4)8(14)15/h2-3H,9H2,1H3,(H,10,12)(H,14,15). The minimum Gasteiger partial charge on any atom is -0.478 e. The molecule has 15 heavy (non-hydrogen) atoms. The van der Waals surface area contributed by atoms with E-state index < -0.39 is 17.4 Å². The van der Waals surface area contributed by atoms with E-state index in [1.54, 1.807) is 0 Å². The molecular formula is C8H9N3O4. The lowest BCUT2D eigenvalue weighted by Gasteiger charge is -2.10. The molecule has 4 N–H and O–H groups in total. The Balaban J connectivity index is 3.37. The van der Waals surface area contributed by atoms with Crippen LogP contribution in [0, 0.1) is 0 Å². The van der Waals surface area contributed by atoms with Gasteiger partial charge < -0.3 is 10.1 Å². The van der Waals surface area contributed by atoms with Crippen molar-refractivity contribution in [2.24, 2.45) is 5.84 Å². The number of aromatic amines is 1. The quantitative estimate of drug-likeness (QED) is 0.330. The summed E-state index contributed by atoms with van der Waals surface area (Å²) in [5.74, 6) is 3.12. The Kier molecular flexibility index (Phi) is 2.86. The fourth-order valence-corrected chi connectivity index (χ4v) is 1.02. The van der Waals surface area contributed by atoms with Crippen LogP contribution in [0.1, 0.15) is 20.7 Å². The van der Waals surface area contributed by atoms with E-state index >= 15 is 0 Å². The summed E-state index contributed by atoms with van der Waals surface area (Å²) in [6.07, 6.45) is 0.960. The zero-order valence-corrected chi connectivity index (χ0v) is 7.85. The number of rotatable bonds is 2. The normalized spacial score (nSPS) is 9.73. The van der Waals surface area contributed by atoms with Gasteiger partial charge in [-0.05, 0) is 0 Å². The number of aromatic nitrogens is 1. The van der Waals surface area contributed by atoms with E-state index in [4.69, 9.17) is 10.9 Å². The monoisotopic (exact) mass is 211 g/mol. The van der Waals surface area contributed by atoms with E-state index in [1.807, 2.05) is 0 Å². The first kappa shape index (κ1) is 10.9. The highest BCUT2D eigenvalue weighted by Gasteiger charge is 2.18. The summed E-state index contributed by atoms with van der Waals surface area (Å²) >= 11 is 0. The average Bonchev–Trinajstić information content (AvgIpc) is 2.15. The summed E-state index contributed by atoms with van der Waals surface area (Å²) in [4.78, 5) is 35.2. The van der Waals surface area contributed by atoms with Crippen molar-refractivity contribution in [1.29, 1.82) is 0 Å². The number of hydrogen-bond acceptors (Lipinski definition) is 4. The molecule has 1 aromatic heterocycles. The van der Waals surface area contributed by atoms with Crippen molar-refractivity contribution in [2.75, 3.05) is 7.05 Å². The van der Waals surface area contributed by atoms with Gasteiger partial charge in [0.1, 0.15) is 0 Å². The van der Waals surface area contributed by atoms with Crippen LogP contribution in [0.3, 0.4) is 0 Å². The molecule has 1 heterocycles. The van der Waals surface area contributed by atoms with Crippen LogP contribution in [-0.4, -0.2) is 34.0 Å². The van der Waals surface area contributed by atoms with Gasteiger partial charge in [-0.15, -0.1) is 0 Å². The molecule has 80 valence electrons. The number of pyridine rings is 1. The van der Waals surface area contributed by atoms with Crippen molar-refractivity contribution in [1.82, 2.24) is 9.99 Å². The molecule has 7 heteroatoms. The van der Waals surface area contributed by atoms with Crippen LogP contribution < -0.4 is 11.4 Å². The Morgan fingerprint density at radius 1 is 1.47 bits per heavy atom. The number of carbonyl (C=O) groups excluding carboxylic acids is 1. The third-order valence-corrected chi connectivity index (χ3v) is 1.71. The maximum Gasteiger partial charge on any atom is 0.338 e. The molecule has 1 aromatic rings. The molecule has 0 bridgehead atoms. The highest BCUT2D eigenvalue weighted by Crippen LogP contribution is 2.06. The molecule has 1 rings (SSSR count). The summed E-state index contributed by atoms with van der Waals surface area (Å²) in [5, 5.41) is 9.46. The maximum absolute atomic E-state index is 11.4. The van der Waals surface area contributed by atoms with Crippen molar-refractivity contribution < 1.29 is 14.7 Å². The van der Waals surface area contributed by atoms with Crippen LogP contribution in [0.4, 0.5) is 0 Å². The first-order chi connectivity index (χ1) is 6.93. The molecule has 1 amide bonds. The third-order valence-electron chi connectivity index (χ3n) is 1.71. The number of carbonyl (C=O) groups is 2. The van der Waals surface area contributed by atoms with E-state index in [2.05, 4.69) is 4.98 Å². The highest BCUT2D eigenvalue weighted by molar-refractivity contribution is 6.04. The van der Waals surface area contributed by atoms with E-state index in [1.165, 1.54) is 7.05 Å². The lowest BCUT2D eigenvalue weighted by molar-refractivity contribution is 0.0681. The Hall–Kier alpha value is -2.15. The number of amides is 1. The molecule has 0 aliphatic carbocycles. The van der Waals surface area contributed by atoms with E-state index in [9.17, 15) is 14.4 Å². The molecule has 0 spiro atoms. The van der Waals surface area contributed by atoms with Gasteiger partial charge in [0, 0.05) is 19.3 Å². The molecule has 0 atom stereocenters. The molecule has 0 saturated carbocycles. The Bertz CT molecular complexity index is 463. The van der Waals surface area contributed by atoms with Crippen LogP contribution in [0.5, 0.6) is 0 Å². The Morgan fingerprint density at radius 2 is 2.07 bits per heavy atom. The minimum absolute atomic E-state index is 0.240. The molecular weight excluding hydrogens is 202 g/mol. The van der Waals surface area contributed by atoms with Crippen molar-refractivity contribution in [2.45, 2.75) is 0 Å². The van der Waals surface area contributed by atoms with Gasteiger partial charge in [-0.25, -0.2) is 10.6 Å². The van der Waals surface area contributed by atoms with Gasteiger partial charge in [-0.3, -0.25) is 14.6 Å². The van der Waals surface area contributed by atoms with Gasteiger partial charge in [-0.2, -0.15) is 0 Å². The van der Waals surface area contributed by atoms with Gasteiger partial charge in [0.25, 0.3) is 5.91 Å². The smallest absolute Gasteiger partial charge is 0.338 e. The van der Waals surface area contributed by atoms with E-state index in [-0.39, 0.29) is 11.1 Å². The number of nitrogens with one attached hydrogen (secondary N) is 1. The number of hydrazine groups is 1. The summed E-state index contributed by atoms with van der Waals surface area (Å²) in [6, 6.07) is 0.898. The second kappa shape index (κ2) is 3.93. The molecule has 0 aliphatic rings. The number of H-pyrrole nitrogens is 1. The van der Waals surface area contributed by atoms with Crippen LogP contribution in [0.2, 0.25) is 0 Å². The van der Waals surface area contributed by atoms with Crippen LogP contribution in [0.15, 0.2) is 17.1 Å². The second-order valence-electron chi connectivity index (χ2n) is 2.85. The van der Waals surface area contributed by atoms with Gasteiger partial charge in [0.05, 0.1) is 11.1 Å². The number of aromatic carboxylic acids is 1. The van der Waals surface area contributed by atoms with Crippen LogP contribution in [0.25, 0.3) is 0 Å². The molecule has 7 nitrogen and oxygen atoms in total. The zero-order chi connectivity index (χ0) is 11.6. The number of carboxylic acids is 1.